The van der Waals surface area contributed by atoms with Crippen molar-refractivity contribution < 1.29 is 23.9 Å². The molecule has 4 rings (SSSR count). The summed E-state index contributed by atoms with van der Waals surface area (Å²) >= 11 is 0. The minimum absolute atomic E-state index is 0.0685. The lowest BCUT2D eigenvalue weighted by atomic mass is 10.1. The molecule has 2 saturated heterocycles. The molecule has 0 bridgehead atoms. The highest BCUT2D eigenvalue weighted by molar-refractivity contribution is 6.04. The van der Waals surface area contributed by atoms with Gasteiger partial charge in [-0.05, 0) is 49.7 Å². The second kappa shape index (κ2) is 9.30. The average Bonchev–Trinajstić information content (AvgIpc) is 3.40. The number of ether oxygens (including phenoxy) is 2. The van der Waals surface area contributed by atoms with Crippen LogP contribution in [0.4, 0.5) is 17.1 Å². The first kappa shape index (κ1) is 21.7. The first-order valence-corrected chi connectivity index (χ1v) is 10.8. The third kappa shape index (κ3) is 4.39. The summed E-state index contributed by atoms with van der Waals surface area (Å²) in [6, 6.07) is 12.5. The second-order valence-electron chi connectivity index (χ2n) is 7.86. The molecule has 2 aromatic carbocycles. The van der Waals surface area contributed by atoms with E-state index < -0.39 is 5.92 Å². The molecule has 1 atom stereocenters. The van der Waals surface area contributed by atoms with Crippen LogP contribution in [0, 0.1) is 5.92 Å². The zero-order valence-corrected chi connectivity index (χ0v) is 18.3. The fourth-order valence-corrected chi connectivity index (χ4v) is 4.15. The fraction of sp³-hybridized carbons (Fsp3) is 0.375. The van der Waals surface area contributed by atoms with Crippen molar-refractivity contribution in [1.82, 2.24) is 0 Å². The van der Waals surface area contributed by atoms with Gasteiger partial charge in [-0.3, -0.25) is 14.4 Å². The van der Waals surface area contributed by atoms with E-state index in [9.17, 15) is 14.4 Å². The second-order valence-corrected chi connectivity index (χ2v) is 7.86. The van der Waals surface area contributed by atoms with E-state index in [0.717, 1.165) is 17.9 Å². The molecular formula is C24H27N3O5. The number of amides is 3. The molecule has 2 aliphatic heterocycles. The third-order valence-corrected chi connectivity index (χ3v) is 5.77. The number of methoxy groups -OCH3 is 1. The van der Waals surface area contributed by atoms with Crippen molar-refractivity contribution >= 4 is 34.8 Å². The number of hydrogen-bond acceptors (Lipinski definition) is 5. The molecule has 0 aliphatic carbocycles. The number of rotatable bonds is 7. The Bertz CT molecular complexity index is 1020. The molecule has 2 fully saturated rings. The van der Waals surface area contributed by atoms with Crippen molar-refractivity contribution in [3.63, 3.8) is 0 Å². The smallest absolute Gasteiger partial charge is 0.229 e. The first-order chi connectivity index (χ1) is 15.5. The van der Waals surface area contributed by atoms with Gasteiger partial charge in [-0.2, -0.15) is 0 Å². The van der Waals surface area contributed by atoms with Crippen molar-refractivity contribution in [1.29, 1.82) is 0 Å². The van der Waals surface area contributed by atoms with E-state index in [-0.39, 0.29) is 24.1 Å². The van der Waals surface area contributed by atoms with Gasteiger partial charge >= 0.3 is 0 Å². The highest BCUT2D eigenvalue weighted by Crippen LogP contribution is 2.34. The molecule has 0 aromatic heterocycles. The Kier molecular flexibility index (Phi) is 6.30. The molecule has 3 amide bonds. The summed E-state index contributed by atoms with van der Waals surface area (Å²) in [5.74, 6) is 0.564. The zero-order chi connectivity index (χ0) is 22.7. The van der Waals surface area contributed by atoms with Crippen LogP contribution in [-0.4, -0.2) is 44.5 Å². The minimum Gasteiger partial charge on any atom is -0.494 e. The number of hydrogen-bond donors (Lipinski definition) is 1. The summed E-state index contributed by atoms with van der Waals surface area (Å²) in [5.41, 5.74) is 2.01. The van der Waals surface area contributed by atoms with Gasteiger partial charge in [0.15, 0.2) is 0 Å². The zero-order valence-electron chi connectivity index (χ0n) is 18.3. The van der Waals surface area contributed by atoms with Crippen molar-refractivity contribution in [2.75, 3.05) is 41.9 Å². The Balaban J connectivity index is 1.42. The van der Waals surface area contributed by atoms with Crippen molar-refractivity contribution in [3.8, 4) is 11.5 Å². The molecule has 2 aliphatic rings. The van der Waals surface area contributed by atoms with E-state index in [4.69, 9.17) is 9.47 Å². The van der Waals surface area contributed by atoms with Crippen LogP contribution in [0.15, 0.2) is 42.5 Å². The van der Waals surface area contributed by atoms with E-state index in [1.165, 1.54) is 7.11 Å². The van der Waals surface area contributed by atoms with Gasteiger partial charge in [0.05, 0.1) is 25.3 Å². The quantitative estimate of drug-likeness (QED) is 0.719. The van der Waals surface area contributed by atoms with Gasteiger partial charge in [-0.25, -0.2) is 0 Å². The Labute approximate surface area is 187 Å². The van der Waals surface area contributed by atoms with Crippen LogP contribution >= 0.6 is 0 Å². The maximum atomic E-state index is 12.9. The maximum Gasteiger partial charge on any atom is 0.229 e. The van der Waals surface area contributed by atoms with Crippen LogP contribution in [0.1, 0.15) is 26.2 Å². The normalized spacial score (nSPS) is 18.2. The van der Waals surface area contributed by atoms with Crippen LogP contribution in [0.25, 0.3) is 0 Å². The van der Waals surface area contributed by atoms with E-state index in [1.807, 2.05) is 31.2 Å². The molecule has 8 nitrogen and oxygen atoms in total. The summed E-state index contributed by atoms with van der Waals surface area (Å²) in [6.45, 7) is 3.46. The molecule has 0 radical (unpaired) electrons. The standard InChI is InChI=1S/C24H27N3O5/c1-3-32-19-9-7-18(8-10-19)27-15-16(13-23(27)29)24(30)25-17-6-11-20(21(14-17)31-2)26-12-4-5-22(26)28/h6-11,14,16H,3-5,12-13,15H2,1-2H3,(H,25,30)/t16-/m1/s1. The van der Waals surface area contributed by atoms with E-state index in [0.29, 0.717) is 43.2 Å². The molecule has 2 aromatic rings. The molecule has 0 spiro atoms. The van der Waals surface area contributed by atoms with Gasteiger partial charge in [0.1, 0.15) is 11.5 Å². The van der Waals surface area contributed by atoms with Crippen LogP contribution in [-0.2, 0) is 14.4 Å². The number of carbonyl (C=O) groups is 3. The lowest BCUT2D eigenvalue weighted by Crippen LogP contribution is -2.28. The third-order valence-electron chi connectivity index (χ3n) is 5.77. The predicted molar refractivity (Wildman–Crippen MR) is 121 cm³/mol. The Morgan fingerprint density at radius 3 is 2.53 bits per heavy atom. The fourth-order valence-electron chi connectivity index (χ4n) is 4.15. The van der Waals surface area contributed by atoms with Gasteiger partial charge in [-0.1, -0.05) is 0 Å². The highest BCUT2D eigenvalue weighted by atomic mass is 16.5. The Morgan fingerprint density at radius 2 is 1.88 bits per heavy atom. The van der Waals surface area contributed by atoms with Crippen LogP contribution in [0.3, 0.4) is 0 Å². The monoisotopic (exact) mass is 437 g/mol. The summed E-state index contributed by atoms with van der Waals surface area (Å²) in [5, 5.41) is 2.88. The summed E-state index contributed by atoms with van der Waals surface area (Å²) in [7, 11) is 1.54. The SMILES string of the molecule is CCOc1ccc(N2C[C@H](C(=O)Nc3ccc(N4CCCC4=O)c(OC)c3)CC2=O)cc1. The van der Waals surface area contributed by atoms with Crippen LogP contribution in [0.5, 0.6) is 11.5 Å². The van der Waals surface area contributed by atoms with Crippen molar-refractivity contribution in [3.05, 3.63) is 42.5 Å². The molecule has 8 heteroatoms. The van der Waals surface area contributed by atoms with Crippen LogP contribution < -0.4 is 24.6 Å². The summed E-state index contributed by atoms with van der Waals surface area (Å²) in [6.07, 6.45) is 1.50. The molecule has 2 heterocycles. The van der Waals surface area contributed by atoms with Crippen LogP contribution in [0.2, 0.25) is 0 Å². The molecule has 0 unspecified atom stereocenters. The van der Waals surface area contributed by atoms with E-state index in [1.54, 1.807) is 28.0 Å². The Morgan fingerprint density at radius 1 is 1.09 bits per heavy atom. The molecule has 1 N–H and O–H groups in total. The number of benzene rings is 2. The van der Waals surface area contributed by atoms with E-state index >= 15 is 0 Å². The maximum absolute atomic E-state index is 12.9. The molecule has 0 saturated carbocycles. The van der Waals surface area contributed by atoms with Gasteiger partial charge in [0.2, 0.25) is 17.7 Å². The topological polar surface area (TPSA) is 88.2 Å². The molecule has 168 valence electrons. The van der Waals surface area contributed by atoms with Gasteiger partial charge in [-0.15, -0.1) is 0 Å². The Hall–Kier alpha value is -3.55. The average molecular weight is 437 g/mol. The lowest BCUT2D eigenvalue weighted by molar-refractivity contribution is -0.122. The predicted octanol–water partition coefficient (Wildman–Crippen LogP) is 3.21. The van der Waals surface area contributed by atoms with Crippen molar-refractivity contribution in [2.24, 2.45) is 5.92 Å². The molecular weight excluding hydrogens is 410 g/mol. The first-order valence-electron chi connectivity index (χ1n) is 10.8. The molecule has 32 heavy (non-hydrogen) atoms. The number of nitrogens with one attached hydrogen (secondary N) is 1. The number of nitrogens with zero attached hydrogens (tertiary/aromatic N) is 2. The van der Waals surface area contributed by atoms with Gasteiger partial charge < -0.3 is 24.6 Å². The van der Waals surface area contributed by atoms with E-state index in [2.05, 4.69) is 5.32 Å². The largest absolute Gasteiger partial charge is 0.494 e. The minimum atomic E-state index is -0.458. The van der Waals surface area contributed by atoms with Gasteiger partial charge in [0, 0.05) is 43.4 Å². The number of anilines is 3. The number of carbonyl (C=O) groups excluding carboxylic acids is 3. The lowest BCUT2D eigenvalue weighted by Gasteiger charge is -2.20. The van der Waals surface area contributed by atoms with Gasteiger partial charge in [0.25, 0.3) is 0 Å². The summed E-state index contributed by atoms with van der Waals surface area (Å²) < 4.78 is 10.9. The summed E-state index contributed by atoms with van der Waals surface area (Å²) in [4.78, 5) is 40.8. The highest BCUT2D eigenvalue weighted by Gasteiger charge is 2.35. The van der Waals surface area contributed by atoms with Crippen molar-refractivity contribution in [2.45, 2.75) is 26.2 Å².